The summed E-state index contributed by atoms with van der Waals surface area (Å²) >= 11 is 0. The van der Waals surface area contributed by atoms with E-state index in [1.54, 1.807) is 0 Å². The normalized spacial score (nSPS) is 16.5. The SMILES string of the molecule is Cc1cc(C)cc(C(=O)N2c3ccccc3C[C@H]2C(N)=O)c1. The Bertz CT molecular complexity index is 747. The van der Waals surface area contributed by atoms with Gasteiger partial charge in [-0.05, 0) is 37.6 Å². The molecule has 2 amide bonds. The zero-order valence-electron chi connectivity index (χ0n) is 12.7. The molecule has 3 rings (SSSR count). The van der Waals surface area contributed by atoms with Gasteiger partial charge in [-0.1, -0.05) is 35.4 Å². The minimum atomic E-state index is -0.620. The quantitative estimate of drug-likeness (QED) is 0.924. The average molecular weight is 294 g/mol. The van der Waals surface area contributed by atoms with Crippen LogP contribution in [0.2, 0.25) is 0 Å². The van der Waals surface area contributed by atoms with E-state index in [1.165, 1.54) is 4.90 Å². The summed E-state index contributed by atoms with van der Waals surface area (Å²) in [7, 11) is 0. The largest absolute Gasteiger partial charge is 0.368 e. The molecule has 0 bridgehead atoms. The topological polar surface area (TPSA) is 63.4 Å². The molecule has 2 N–H and O–H groups in total. The molecule has 0 spiro atoms. The molecular weight excluding hydrogens is 276 g/mol. The molecule has 4 heteroatoms. The molecule has 0 saturated heterocycles. The summed E-state index contributed by atoms with van der Waals surface area (Å²) in [5.74, 6) is -0.658. The number of aryl methyl sites for hydroxylation is 2. The molecule has 1 aliphatic rings. The predicted octanol–water partition coefficient (Wildman–Crippen LogP) is 2.36. The molecule has 0 fully saturated rings. The van der Waals surface area contributed by atoms with E-state index >= 15 is 0 Å². The molecule has 0 unspecified atom stereocenters. The van der Waals surface area contributed by atoms with Gasteiger partial charge in [0.1, 0.15) is 6.04 Å². The smallest absolute Gasteiger partial charge is 0.259 e. The lowest BCUT2D eigenvalue weighted by Gasteiger charge is -2.23. The van der Waals surface area contributed by atoms with Crippen LogP contribution < -0.4 is 10.6 Å². The molecule has 1 atom stereocenters. The second kappa shape index (κ2) is 5.30. The van der Waals surface area contributed by atoms with Gasteiger partial charge in [0.05, 0.1) is 0 Å². The molecule has 1 aliphatic heterocycles. The monoisotopic (exact) mass is 294 g/mol. The van der Waals surface area contributed by atoms with Gasteiger partial charge in [-0.3, -0.25) is 14.5 Å². The minimum Gasteiger partial charge on any atom is -0.368 e. The van der Waals surface area contributed by atoms with Gasteiger partial charge < -0.3 is 5.73 Å². The second-order valence-corrected chi connectivity index (χ2v) is 5.80. The van der Waals surface area contributed by atoms with Gasteiger partial charge in [0.2, 0.25) is 5.91 Å². The summed E-state index contributed by atoms with van der Waals surface area (Å²) in [5.41, 5.74) is 9.88. The molecule has 2 aromatic carbocycles. The number of primary amides is 1. The highest BCUT2D eigenvalue weighted by Crippen LogP contribution is 2.33. The lowest BCUT2D eigenvalue weighted by molar-refractivity contribution is -0.119. The van der Waals surface area contributed by atoms with Crippen molar-refractivity contribution in [3.8, 4) is 0 Å². The molecule has 4 nitrogen and oxygen atoms in total. The zero-order valence-corrected chi connectivity index (χ0v) is 12.7. The third kappa shape index (κ3) is 2.37. The maximum atomic E-state index is 12.9. The number of fused-ring (bicyclic) bond motifs is 1. The van der Waals surface area contributed by atoms with Crippen LogP contribution in [0.5, 0.6) is 0 Å². The summed E-state index contributed by atoms with van der Waals surface area (Å²) in [6.45, 7) is 3.90. The number of nitrogens with two attached hydrogens (primary N) is 1. The van der Waals surface area contributed by atoms with Crippen LogP contribution in [0, 0.1) is 13.8 Å². The van der Waals surface area contributed by atoms with E-state index in [2.05, 4.69) is 0 Å². The third-order valence-electron chi connectivity index (χ3n) is 3.99. The van der Waals surface area contributed by atoms with Crippen molar-refractivity contribution in [2.24, 2.45) is 5.73 Å². The Kier molecular flexibility index (Phi) is 3.45. The first-order chi connectivity index (χ1) is 10.5. The summed E-state index contributed by atoms with van der Waals surface area (Å²) in [5, 5.41) is 0. The number of para-hydroxylation sites is 1. The van der Waals surface area contributed by atoms with E-state index in [9.17, 15) is 9.59 Å². The van der Waals surface area contributed by atoms with Gasteiger partial charge in [0.25, 0.3) is 5.91 Å². The Hall–Kier alpha value is -2.62. The van der Waals surface area contributed by atoms with E-state index in [1.807, 2.05) is 56.3 Å². The standard InChI is InChI=1S/C18H18N2O2/c1-11-7-12(2)9-14(8-11)18(22)20-15-6-4-3-5-13(15)10-16(20)17(19)21/h3-9,16H,10H2,1-2H3,(H2,19,21)/t16-/m0/s1. The molecule has 0 radical (unpaired) electrons. The maximum Gasteiger partial charge on any atom is 0.259 e. The lowest BCUT2D eigenvalue weighted by atomic mass is 10.1. The number of hydrogen-bond acceptors (Lipinski definition) is 2. The molecule has 1 heterocycles. The van der Waals surface area contributed by atoms with E-state index in [0.29, 0.717) is 12.0 Å². The Morgan fingerprint density at radius 3 is 2.36 bits per heavy atom. The van der Waals surface area contributed by atoms with Gasteiger partial charge in [-0.2, -0.15) is 0 Å². The molecule has 22 heavy (non-hydrogen) atoms. The van der Waals surface area contributed by atoms with Crippen LogP contribution in [-0.4, -0.2) is 17.9 Å². The van der Waals surface area contributed by atoms with Crippen molar-refractivity contribution >= 4 is 17.5 Å². The summed E-state index contributed by atoms with van der Waals surface area (Å²) in [6, 6.07) is 12.6. The van der Waals surface area contributed by atoms with Gasteiger partial charge in [0, 0.05) is 17.7 Å². The van der Waals surface area contributed by atoms with Crippen LogP contribution in [0.3, 0.4) is 0 Å². The van der Waals surface area contributed by atoms with Crippen LogP contribution in [-0.2, 0) is 11.2 Å². The van der Waals surface area contributed by atoms with E-state index in [-0.39, 0.29) is 5.91 Å². The first-order valence-corrected chi connectivity index (χ1v) is 7.26. The fourth-order valence-corrected chi connectivity index (χ4v) is 3.10. The third-order valence-corrected chi connectivity index (χ3v) is 3.99. The molecule has 112 valence electrons. The highest BCUT2D eigenvalue weighted by molar-refractivity contribution is 6.11. The zero-order chi connectivity index (χ0) is 15.9. The predicted molar refractivity (Wildman–Crippen MR) is 85.9 cm³/mol. The van der Waals surface area contributed by atoms with Crippen LogP contribution in [0.1, 0.15) is 27.0 Å². The van der Waals surface area contributed by atoms with Crippen molar-refractivity contribution in [1.82, 2.24) is 0 Å². The highest BCUT2D eigenvalue weighted by Gasteiger charge is 2.37. The summed E-state index contributed by atoms with van der Waals surface area (Å²) in [6.07, 6.45) is 0.474. The highest BCUT2D eigenvalue weighted by atomic mass is 16.2. The number of rotatable bonds is 2. The van der Waals surface area contributed by atoms with Gasteiger partial charge in [0.15, 0.2) is 0 Å². The number of carbonyl (C=O) groups is 2. The van der Waals surface area contributed by atoms with Crippen molar-refractivity contribution in [3.05, 3.63) is 64.7 Å². The van der Waals surface area contributed by atoms with Crippen LogP contribution in [0.25, 0.3) is 0 Å². The molecule has 0 saturated carbocycles. The van der Waals surface area contributed by atoms with Crippen molar-refractivity contribution < 1.29 is 9.59 Å². The number of amides is 2. The molecular formula is C18H18N2O2. The Morgan fingerprint density at radius 1 is 1.09 bits per heavy atom. The second-order valence-electron chi connectivity index (χ2n) is 5.80. The average Bonchev–Trinajstić information content (AvgIpc) is 2.85. The lowest BCUT2D eigenvalue weighted by Crippen LogP contribution is -2.46. The minimum absolute atomic E-state index is 0.180. The van der Waals surface area contributed by atoms with Crippen molar-refractivity contribution in [3.63, 3.8) is 0 Å². The van der Waals surface area contributed by atoms with Crippen LogP contribution in [0.15, 0.2) is 42.5 Å². The van der Waals surface area contributed by atoms with Crippen LogP contribution in [0.4, 0.5) is 5.69 Å². The van der Waals surface area contributed by atoms with Crippen molar-refractivity contribution in [2.75, 3.05) is 4.90 Å². The summed E-state index contributed by atoms with van der Waals surface area (Å²) < 4.78 is 0. The Morgan fingerprint density at radius 2 is 1.73 bits per heavy atom. The van der Waals surface area contributed by atoms with E-state index in [0.717, 1.165) is 22.4 Å². The van der Waals surface area contributed by atoms with Gasteiger partial charge in [-0.25, -0.2) is 0 Å². The number of hydrogen-bond donors (Lipinski definition) is 1. The Labute approximate surface area is 129 Å². The number of benzene rings is 2. The number of nitrogens with zero attached hydrogens (tertiary/aromatic N) is 1. The van der Waals surface area contributed by atoms with E-state index < -0.39 is 11.9 Å². The molecule has 0 aromatic heterocycles. The number of carbonyl (C=O) groups excluding carboxylic acids is 2. The first kappa shape index (κ1) is 14.3. The van der Waals surface area contributed by atoms with Gasteiger partial charge >= 0.3 is 0 Å². The maximum absolute atomic E-state index is 12.9. The Balaban J connectivity index is 2.07. The number of anilines is 1. The fourth-order valence-electron chi connectivity index (χ4n) is 3.10. The van der Waals surface area contributed by atoms with Crippen molar-refractivity contribution in [1.29, 1.82) is 0 Å². The summed E-state index contributed by atoms with van der Waals surface area (Å²) in [4.78, 5) is 26.3. The fraction of sp³-hybridized carbons (Fsp3) is 0.222. The molecule has 2 aromatic rings. The van der Waals surface area contributed by atoms with Crippen LogP contribution >= 0.6 is 0 Å². The van der Waals surface area contributed by atoms with E-state index in [4.69, 9.17) is 5.73 Å². The first-order valence-electron chi connectivity index (χ1n) is 7.26. The van der Waals surface area contributed by atoms with Gasteiger partial charge in [-0.15, -0.1) is 0 Å². The molecule has 0 aliphatic carbocycles. The van der Waals surface area contributed by atoms with Crippen molar-refractivity contribution in [2.45, 2.75) is 26.3 Å².